The number of aliphatic hydroxyl groups is 5. The zero-order chi connectivity index (χ0) is 29.1. The van der Waals surface area contributed by atoms with Crippen LogP contribution in [0.4, 0.5) is 0 Å². The molecule has 222 valence electrons. The second kappa shape index (κ2) is 12.9. The first-order chi connectivity index (χ1) is 18.3. The number of ether oxygens (including phenoxy) is 6. The maximum atomic E-state index is 12.4. The lowest BCUT2D eigenvalue weighted by atomic mass is 9.80. The number of aliphatic hydroxyl groups excluding tert-OH is 4. The van der Waals surface area contributed by atoms with E-state index in [0.29, 0.717) is 5.57 Å². The molecule has 1 aliphatic carbocycles. The van der Waals surface area contributed by atoms with E-state index in [-0.39, 0.29) is 25.4 Å². The summed E-state index contributed by atoms with van der Waals surface area (Å²) in [5.41, 5.74) is -1.63. The van der Waals surface area contributed by atoms with Gasteiger partial charge in [-0.05, 0) is 17.9 Å². The summed E-state index contributed by atoms with van der Waals surface area (Å²) in [7, 11) is 0. The Balaban J connectivity index is 1.86. The lowest BCUT2D eigenvalue weighted by Crippen LogP contribution is -2.60. The Kier molecular flexibility index (Phi) is 10.3. The third kappa shape index (κ3) is 6.88. The van der Waals surface area contributed by atoms with Crippen LogP contribution in [0, 0.1) is 17.8 Å². The Hall–Kier alpha value is -2.33. The highest BCUT2D eigenvalue weighted by Gasteiger charge is 2.62. The van der Waals surface area contributed by atoms with Crippen molar-refractivity contribution in [3.8, 4) is 0 Å². The molecule has 0 amide bonds. The summed E-state index contributed by atoms with van der Waals surface area (Å²) in [6.45, 7) is 4.13. The summed E-state index contributed by atoms with van der Waals surface area (Å²) in [6.07, 6.45) is -8.35. The highest BCUT2D eigenvalue weighted by atomic mass is 16.7. The SMILES string of the molecule is CC(=O)O[C@H]1[C@H](OCC2=CO[C@@H](OC(=O)CC(C)C)[C@H]3[C@@H]2C[C@H](OC(C)=O)[C@]3(O)CO)O[C@H](CO)[C@@H](O)[C@@H]1O. The van der Waals surface area contributed by atoms with Crippen LogP contribution in [-0.4, -0.2) is 112 Å². The van der Waals surface area contributed by atoms with Crippen molar-refractivity contribution in [2.24, 2.45) is 17.8 Å². The predicted octanol–water partition coefficient (Wildman–Crippen LogP) is -1.51. The maximum Gasteiger partial charge on any atom is 0.309 e. The van der Waals surface area contributed by atoms with E-state index in [9.17, 15) is 39.9 Å². The molecule has 0 bridgehead atoms. The van der Waals surface area contributed by atoms with Crippen LogP contribution >= 0.6 is 0 Å². The molecule has 14 nitrogen and oxygen atoms in total. The number of hydrogen-bond donors (Lipinski definition) is 5. The van der Waals surface area contributed by atoms with Crippen molar-refractivity contribution in [3.05, 3.63) is 11.8 Å². The number of esters is 3. The molecule has 0 radical (unpaired) electrons. The summed E-state index contributed by atoms with van der Waals surface area (Å²) in [5, 5.41) is 51.7. The molecule has 3 rings (SSSR count). The third-order valence-corrected chi connectivity index (χ3v) is 7.08. The number of rotatable bonds is 10. The summed E-state index contributed by atoms with van der Waals surface area (Å²) >= 11 is 0. The topological polar surface area (TPSA) is 208 Å². The Morgan fingerprint density at radius 2 is 1.72 bits per heavy atom. The largest absolute Gasteiger partial charge is 0.462 e. The quantitative estimate of drug-likeness (QED) is 0.152. The molecular weight excluding hydrogens is 524 g/mol. The molecule has 0 spiro atoms. The van der Waals surface area contributed by atoms with E-state index >= 15 is 0 Å². The van der Waals surface area contributed by atoms with Gasteiger partial charge >= 0.3 is 17.9 Å². The minimum Gasteiger partial charge on any atom is -0.462 e. The lowest BCUT2D eigenvalue weighted by molar-refractivity contribution is -0.302. The molecule has 39 heavy (non-hydrogen) atoms. The van der Waals surface area contributed by atoms with Crippen LogP contribution in [-0.2, 0) is 42.8 Å². The Morgan fingerprint density at radius 1 is 1.05 bits per heavy atom. The van der Waals surface area contributed by atoms with Gasteiger partial charge in [0.25, 0.3) is 0 Å². The normalized spacial score (nSPS) is 37.9. The van der Waals surface area contributed by atoms with Gasteiger partial charge in [0.1, 0.15) is 30.0 Å². The fraction of sp³-hybridized carbons (Fsp3) is 0.800. The zero-order valence-corrected chi connectivity index (χ0v) is 22.3. The third-order valence-electron chi connectivity index (χ3n) is 7.08. The van der Waals surface area contributed by atoms with Gasteiger partial charge in [-0.25, -0.2) is 0 Å². The molecular formula is C25H38O14. The first kappa shape index (κ1) is 31.2. The van der Waals surface area contributed by atoms with Crippen molar-refractivity contribution < 1.29 is 68.3 Å². The molecule has 1 saturated carbocycles. The molecule has 5 N–H and O–H groups in total. The molecule has 0 aromatic heterocycles. The molecule has 10 atom stereocenters. The molecule has 3 aliphatic rings. The van der Waals surface area contributed by atoms with Gasteiger partial charge in [0.05, 0.1) is 32.0 Å². The highest BCUT2D eigenvalue weighted by Crippen LogP contribution is 2.50. The molecule has 0 aromatic carbocycles. The van der Waals surface area contributed by atoms with Crippen LogP contribution < -0.4 is 0 Å². The van der Waals surface area contributed by atoms with Crippen LogP contribution in [0.2, 0.25) is 0 Å². The molecule has 2 heterocycles. The van der Waals surface area contributed by atoms with E-state index in [1.54, 1.807) is 0 Å². The van der Waals surface area contributed by atoms with E-state index in [0.717, 1.165) is 13.8 Å². The monoisotopic (exact) mass is 562 g/mol. The van der Waals surface area contributed by atoms with Gasteiger partial charge in [-0.1, -0.05) is 13.8 Å². The summed E-state index contributed by atoms with van der Waals surface area (Å²) < 4.78 is 32.9. The highest BCUT2D eigenvalue weighted by molar-refractivity contribution is 5.70. The summed E-state index contributed by atoms with van der Waals surface area (Å²) in [6, 6.07) is 0. The molecule has 2 aliphatic heterocycles. The fourth-order valence-corrected chi connectivity index (χ4v) is 5.27. The first-order valence-corrected chi connectivity index (χ1v) is 12.8. The average molecular weight is 563 g/mol. The van der Waals surface area contributed by atoms with Crippen molar-refractivity contribution in [1.29, 1.82) is 0 Å². The number of hydrogen-bond acceptors (Lipinski definition) is 14. The van der Waals surface area contributed by atoms with Gasteiger partial charge < -0.3 is 54.0 Å². The summed E-state index contributed by atoms with van der Waals surface area (Å²) in [4.78, 5) is 35.8. The lowest BCUT2D eigenvalue weighted by Gasteiger charge is -2.42. The molecule has 0 aromatic rings. The average Bonchev–Trinajstić information content (AvgIpc) is 3.14. The molecule has 14 heteroatoms. The smallest absolute Gasteiger partial charge is 0.309 e. The first-order valence-electron chi connectivity index (χ1n) is 12.8. The fourth-order valence-electron chi connectivity index (χ4n) is 5.27. The van der Waals surface area contributed by atoms with Gasteiger partial charge in [0, 0.05) is 26.2 Å². The van der Waals surface area contributed by atoms with E-state index in [1.165, 1.54) is 6.26 Å². The minimum atomic E-state index is -2.03. The van der Waals surface area contributed by atoms with Crippen molar-refractivity contribution in [3.63, 3.8) is 0 Å². The number of carbonyl (C=O) groups excluding carboxylic acids is 3. The van der Waals surface area contributed by atoms with Crippen molar-refractivity contribution in [1.82, 2.24) is 0 Å². The Bertz CT molecular complexity index is 920. The van der Waals surface area contributed by atoms with Crippen molar-refractivity contribution in [2.75, 3.05) is 19.8 Å². The Labute approximate surface area is 225 Å². The van der Waals surface area contributed by atoms with E-state index in [2.05, 4.69) is 0 Å². The Morgan fingerprint density at radius 3 is 2.28 bits per heavy atom. The molecule has 1 saturated heterocycles. The summed E-state index contributed by atoms with van der Waals surface area (Å²) in [5.74, 6) is -3.78. The standard InChI is InChI=1S/C25H38O14/c1-11(2)5-18(30)39-23-19-15(6-17(36-12(3)28)25(19,33)10-27)14(8-34-23)9-35-24-22(37-13(4)29)21(32)20(31)16(7-26)38-24/h8,11,15-17,19-24,26-27,31-33H,5-7,9-10H2,1-4H3/t15-,16-,17+,19-,20-,21+,22-,23+,24-,25-/m1/s1. The zero-order valence-electron chi connectivity index (χ0n) is 22.3. The maximum absolute atomic E-state index is 12.4. The van der Waals surface area contributed by atoms with Crippen LogP contribution in [0.25, 0.3) is 0 Å². The van der Waals surface area contributed by atoms with Gasteiger partial charge in [-0.3, -0.25) is 14.4 Å². The van der Waals surface area contributed by atoms with Gasteiger partial charge in [-0.15, -0.1) is 0 Å². The van der Waals surface area contributed by atoms with Crippen molar-refractivity contribution in [2.45, 2.75) is 89.2 Å². The molecule has 2 fully saturated rings. The second-order valence-corrected chi connectivity index (χ2v) is 10.5. The van der Waals surface area contributed by atoms with Crippen LogP contribution in [0.15, 0.2) is 11.8 Å². The minimum absolute atomic E-state index is 0.0113. The van der Waals surface area contributed by atoms with Crippen LogP contribution in [0.5, 0.6) is 0 Å². The van der Waals surface area contributed by atoms with Gasteiger partial charge in [0.2, 0.25) is 6.29 Å². The van der Waals surface area contributed by atoms with E-state index in [4.69, 9.17) is 28.4 Å². The van der Waals surface area contributed by atoms with E-state index < -0.39 is 91.7 Å². The van der Waals surface area contributed by atoms with Crippen LogP contribution in [0.1, 0.15) is 40.5 Å². The van der Waals surface area contributed by atoms with Gasteiger partial charge in [-0.2, -0.15) is 0 Å². The number of carbonyl (C=O) groups is 3. The second-order valence-electron chi connectivity index (χ2n) is 10.5. The molecule has 0 unspecified atom stereocenters. The van der Waals surface area contributed by atoms with Crippen LogP contribution in [0.3, 0.4) is 0 Å². The predicted molar refractivity (Wildman–Crippen MR) is 127 cm³/mol. The van der Waals surface area contributed by atoms with E-state index in [1.807, 2.05) is 13.8 Å². The van der Waals surface area contributed by atoms with Gasteiger partial charge in [0.15, 0.2) is 12.4 Å². The van der Waals surface area contributed by atoms with Crippen molar-refractivity contribution >= 4 is 17.9 Å². The number of fused-ring (bicyclic) bond motifs is 1.